The minimum Gasteiger partial charge on any atom is -0.493 e. The van der Waals surface area contributed by atoms with Crippen molar-refractivity contribution in [1.29, 1.82) is 0 Å². The average molecular weight is 426 g/mol. The largest absolute Gasteiger partial charge is 0.493 e. The molecule has 1 aromatic rings. The van der Waals surface area contributed by atoms with Crippen molar-refractivity contribution in [2.24, 2.45) is 5.41 Å². The van der Waals surface area contributed by atoms with Gasteiger partial charge in [0.05, 0.1) is 24.7 Å². The second-order valence-corrected chi connectivity index (χ2v) is 9.31. The Morgan fingerprint density at radius 1 is 1.13 bits per heavy atom. The fourth-order valence-corrected chi connectivity index (χ4v) is 4.47. The standard InChI is InChI=1S/C26H35NO4/c1-6-8-14-30-21-12-10-9-11-18(21)23-22(25(29)31-13-7-2)17(3)27-19-15-26(4,5)16-20(28)24(19)23/h9-12,23,27H,6-8,13-16H2,1-5H3/t23-/m1/s1. The van der Waals surface area contributed by atoms with Crippen LogP contribution in [0.4, 0.5) is 0 Å². The summed E-state index contributed by atoms with van der Waals surface area (Å²) in [7, 11) is 0. The Hall–Kier alpha value is -2.56. The molecule has 0 saturated carbocycles. The third-order valence-corrected chi connectivity index (χ3v) is 5.88. The van der Waals surface area contributed by atoms with Crippen LogP contribution in [0.5, 0.6) is 5.75 Å². The summed E-state index contributed by atoms with van der Waals surface area (Å²) in [4.78, 5) is 26.5. The number of para-hydroxylation sites is 1. The Morgan fingerprint density at radius 3 is 2.58 bits per heavy atom. The van der Waals surface area contributed by atoms with Gasteiger partial charge >= 0.3 is 5.97 Å². The number of ether oxygens (including phenoxy) is 2. The number of unbranched alkanes of at least 4 members (excludes halogenated alkanes) is 1. The molecule has 1 aliphatic carbocycles. The predicted octanol–water partition coefficient (Wildman–Crippen LogP) is 5.42. The van der Waals surface area contributed by atoms with E-state index in [0.29, 0.717) is 30.8 Å². The maximum atomic E-state index is 13.4. The van der Waals surface area contributed by atoms with Crippen LogP contribution >= 0.6 is 0 Å². The van der Waals surface area contributed by atoms with Crippen molar-refractivity contribution in [3.05, 3.63) is 52.4 Å². The molecule has 0 fully saturated rings. The van der Waals surface area contributed by atoms with Gasteiger partial charge in [0.15, 0.2) is 5.78 Å². The molecule has 3 rings (SSSR count). The van der Waals surface area contributed by atoms with E-state index in [4.69, 9.17) is 9.47 Å². The quantitative estimate of drug-likeness (QED) is 0.445. The van der Waals surface area contributed by atoms with E-state index in [1.807, 2.05) is 38.1 Å². The minimum atomic E-state index is -0.484. The lowest BCUT2D eigenvalue weighted by Gasteiger charge is -2.39. The predicted molar refractivity (Wildman–Crippen MR) is 122 cm³/mol. The van der Waals surface area contributed by atoms with Crippen LogP contribution in [0, 0.1) is 5.41 Å². The van der Waals surface area contributed by atoms with Gasteiger partial charge in [-0.3, -0.25) is 4.79 Å². The number of rotatable bonds is 8. The zero-order chi connectivity index (χ0) is 22.6. The number of nitrogens with one attached hydrogen (secondary N) is 1. The first kappa shape index (κ1) is 23.1. The molecule has 0 spiro atoms. The second kappa shape index (κ2) is 9.71. The van der Waals surface area contributed by atoms with E-state index in [1.165, 1.54) is 0 Å². The van der Waals surface area contributed by atoms with Crippen molar-refractivity contribution in [3.8, 4) is 5.75 Å². The van der Waals surface area contributed by atoms with E-state index >= 15 is 0 Å². The van der Waals surface area contributed by atoms with Crippen LogP contribution in [-0.4, -0.2) is 25.0 Å². The SMILES string of the molecule is CCCCOc1ccccc1[C@@H]1C(C(=O)OCCC)=C(C)NC2=C1C(=O)CC(C)(C)C2. The first-order chi connectivity index (χ1) is 14.8. The average Bonchev–Trinajstić information content (AvgIpc) is 2.70. The maximum Gasteiger partial charge on any atom is 0.336 e. The molecule has 2 aliphatic rings. The van der Waals surface area contributed by atoms with E-state index in [2.05, 4.69) is 26.1 Å². The Kier molecular flexibility index (Phi) is 7.24. The fraction of sp³-hybridized carbons (Fsp3) is 0.538. The molecule has 168 valence electrons. The zero-order valence-electron chi connectivity index (χ0n) is 19.5. The molecule has 1 N–H and O–H groups in total. The van der Waals surface area contributed by atoms with Crippen molar-refractivity contribution in [2.45, 2.75) is 72.6 Å². The molecule has 1 aliphatic heterocycles. The van der Waals surface area contributed by atoms with E-state index in [-0.39, 0.29) is 17.2 Å². The summed E-state index contributed by atoms with van der Waals surface area (Å²) in [6, 6.07) is 7.76. The highest BCUT2D eigenvalue weighted by atomic mass is 16.5. The summed E-state index contributed by atoms with van der Waals surface area (Å²) < 4.78 is 11.6. The van der Waals surface area contributed by atoms with Crippen molar-refractivity contribution >= 4 is 11.8 Å². The Labute approximate surface area is 185 Å². The summed E-state index contributed by atoms with van der Waals surface area (Å²) in [5, 5.41) is 3.38. The Balaban J connectivity index is 2.13. The summed E-state index contributed by atoms with van der Waals surface area (Å²) in [6.07, 6.45) is 3.94. The molecule has 1 aromatic carbocycles. The van der Waals surface area contributed by atoms with Gasteiger partial charge in [0.1, 0.15) is 5.75 Å². The van der Waals surface area contributed by atoms with Gasteiger partial charge in [-0.25, -0.2) is 4.79 Å². The number of hydrogen-bond donors (Lipinski definition) is 1. The van der Waals surface area contributed by atoms with Crippen molar-refractivity contribution in [1.82, 2.24) is 5.32 Å². The third-order valence-electron chi connectivity index (χ3n) is 5.88. The normalized spacial score (nSPS) is 20.3. The fourth-order valence-electron chi connectivity index (χ4n) is 4.47. The van der Waals surface area contributed by atoms with Gasteiger partial charge in [-0.05, 0) is 37.7 Å². The van der Waals surface area contributed by atoms with Gasteiger partial charge in [-0.1, -0.05) is 52.3 Å². The second-order valence-electron chi connectivity index (χ2n) is 9.31. The van der Waals surface area contributed by atoms with E-state index in [0.717, 1.165) is 48.4 Å². The summed E-state index contributed by atoms with van der Waals surface area (Å²) in [5.41, 5.74) is 3.58. The van der Waals surface area contributed by atoms with Crippen LogP contribution in [0.25, 0.3) is 0 Å². The number of dihydropyridines is 1. The van der Waals surface area contributed by atoms with Crippen LogP contribution < -0.4 is 10.1 Å². The first-order valence-electron chi connectivity index (χ1n) is 11.4. The molecule has 1 atom stereocenters. The Morgan fingerprint density at radius 2 is 1.87 bits per heavy atom. The maximum absolute atomic E-state index is 13.4. The molecule has 0 unspecified atom stereocenters. The lowest BCUT2D eigenvalue weighted by atomic mass is 9.68. The van der Waals surface area contributed by atoms with Crippen molar-refractivity contribution in [3.63, 3.8) is 0 Å². The molecular formula is C26H35NO4. The van der Waals surface area contributed by atoms with Crippen LogP contribution in [0.15, 0.2) is 46.8 Å². The first-order valence-corrected chi connectivity index (χ1v) is 11.4. The molecule has 0 radical (unpaired) electrons. The van der Waals surface area contributed by atoms with Crippen LogP contribution in [0.1, 0.15) is 78.2 Å². The molecule has 0 saturated heterocycles. The summed E-state index contributed by atoms with van der Waals surface area (Å²) >= 11 is 0. The number of esters is 1. The highest BCUT2D eigenvalue weighted by molar-refractivity contribution is 6.04. The summed E-state index contributed by atoms with van der Waals surface area (Å²) in [6.45, 7) is 11.2. The van der Waals surface area contributed by atoms with Gasteiger partial charge in [-0.15, -0.1) is 0 Å². The van der Waals surface area contributed by atoms with Gasteiger partial charge in [0.2, 0.25) is 0 Å². The third kappa shape index (κ3) is 5.03. The number of carbonyl (C=O) groups excluding carboxylic acids is 2. The number of hydrogen-bond acceptors (Lipinski definition) is 5. The smallest absolute Gasteiger partial charge is 0.336 e. The number of Topliss-reactive ketones (excluding diaryl/α,β-unsaturated/α-hetero) is 1. The van der Waals surface area contributed by atoms with E-state index in [9.17, 15) is 9.59 Å². The molecule has 31 heavy (non-hydrogen) atoms. The van der Waals surface area contributed by atoms with Crippen LogP contribution in [0.3, 0.4) is 0 Å². The lowest BCUT2D eigenvalue weighted by molar-refractivity contribution is -0.139. The lowest BCUT2D eigenvalue weighted by Crippen LogP contribution is -2.38. The number of benzene rings is 1. The summed E-state index contributed by atoms with van der Waals surface area (Å²) in [5.74, 6) is -0.0484. The highest BCUT2D eigenvalue weighted by Gasteiger charge is 2.43. The van der Waals surface area contributed by atoms with Gasteiger partial charge < -0.3 is 14.8 Å². The van der Waals surface area contributed by atoms with Crippen LogP contribution in [0.2, 0.25) is 0 Å². The number of ketones is 1. The molecule has 0 aromatic heterocycles. The molecule has 5 nitrogen and oxygen atoms in total. The highest BCUT2D eigenvalue weighted by Crippen LogP contribution is 2.48. The van der Waals surface area contributed by atoms with Gasteiger partial charge in [0.25, 0.3) is 0 Å². The molecular weight excluding hydrogens is 390 g/mol. The molecule has 0 amide bonds. The van der Waals surface area contributed by atoms with Gasteiger partial charge in [0, 0.05) is 29.0 Å². The number of carbonyl (C=O) groups is 2. The van der Waals surface area contributed by atoms with Crippen LogP contribution in [-0.2, 0) is 14.3 Å². The van der Waals surface area contributed by atoms with Crippen molar-refractivity contribution < 1.29 is 19.1 Å². The zero-order valence-corrected chi connectivity index (χ0v) is 19.5. The molecule has 0 bridgehead atoms. The topological polar surface area (TPSA) is 64.6 Å². The molecule has 1 heterocycles. The number of allylic oxidation sites excluding steroid dienone is 3. The monoisotopic (exact) mass is 425 g/mol. The van der Waals surface area contributed by atoms with E-state index in [1.54, 1.807) is 0 Å². The minimum absolute atomic E-state index is 0.0837. The van der Waals surface area contributed by atoms with Gasteiger partial charge in [-0.2, -0.15) is 0 Å². The van der Waals surface area contributed by atoms with E-state index < -0.39 is 5.92 Å². The Bertz CT molecular complexity index is 910. The molecule has 5 heteroatoms. The van der Waals surface area contributed by atoms with Crippen molar-refractivity contribution in [2.75, 3.05) is 13.2 Å².